The summed E-state index contributed by atoms with van der Waals surface area (Å²) in [5.41, 5.74) is 1.17. The van der Waals surface area contributed by atoms with Crippen LogP contribution in [0.5, 0.6) is 0 Å². The van der Waals surface area contributed by atoms with Crippen LogP contribution in [0.25, 0.3) is 0 Å². The lowest BCUT2D eigenvalue weighted by atomic mass is 10.3. The minimum absolute atomic E-state index is 0.00782. The molecular formula is C18H22FN3O3S2. The Hall–Kier alpha value is -1.81. The maximum atomic E-state index is 13.0. The lowest BCUT2D eigenvalue weighted by Crippen LogP contribution is -2.52. The molecule has 0 saturated carbocycles. The number of hydrogen-bond acceptors (Lipinski definition) is 5. The first kappa shape index (κ1) is 19.9. The van der Waals surface area contributed by atoms with E-state index in [0.29, 0.717) is 26.2 Å². The highest BCUT2D eigenvalue weighted by molar-refractivity contribution is 7.89. The predicted molar refractivity (Wildman–Crippen MR) is 102 cm³/mol. The van der Waals surface area contributed by atoms with Crippen molar-refractivity contribution in [1.82, 2.24) is 14.1 Å². The molecule has 2 aromatic rings. The van der Waals surface area contributed by atoms with Gasteiger partial charge >= 0.3 is 0 Å². The third kappa shape index (κ3) is 4.92. The average molecular weight is 412 g/mol. The summed E-state index contributed by atoms with van der Waals surface area (Å²) >= 11 is 1.62. The van der Waals surface area contributed by atoms with Crippen molar-refractivity contribution >= 4 is 27.3 Å². The molecule has 1 aliphatic rings. The van der Waals surface area contributed by atoms with Gasteiger partial charge < -0.3 is 4.90 Å². The summed E-state index contributed by atoms with van der Waals surface area (Å²) < 4.78 is 39.6. The molecule has 0 spiro atoms. The van der Waals surface area contributed by atoms with E-state index in [1.807, 2.05) is 23.4 Å². The number of benzene rings is 1. The number of amides is 1. The minimum Gasteiger partial charge on any atom is -0.339 e. The third-order valence-electron chi connectivity index (χ3n) is 4.48. The number of piperazine rings is 1. The van der Waals surface area contributed by atoms with Crippen molar-refractivity contribution in [3.05, 3.63) is 52.5 Å². The summed E-state index contributed by atoms with van der Waals surface area (Å²) in [6.45, 7) is 2.17. The fourth-order valence-electron chi connectivity index (χ4n) is 3.01. The molecule has 1 aromatic carbocycles. The van der Waals surface area contributed by atoms with E-state index < -0.39 is 15.8 Å². The van der Waals surface area contributed by atoms with Crippen LogP contribution < -0.4 is 0 Å². The van der Waals surface area contributed by atoms with Crippen LogP contribution in [0.4, 0.5) is 4.39 Å². The Balaban J connectivity index is 1.53. The first-order chi connectivity index (χ1) is 12.9. The second kappa shape index (κ2) is 8.47. The van der Waals surface area contributed by atoms with E-state index in [-0.39, 0.29) is 23.9 Å². The Morgan fingerprint density at radius 3 is 2.41 bits per heavy atom. The van der Waals surface area contributed by atoms with Crippen LogP contribution >= 0.6 is 11.3 Å². The Kier molecular flexibility index (Phi) is 6.25. The molecule has 0 bridgehead atoms. The van der Waals surface area contributed by atoms with Crippen LogP contribution in [-0.4, -0.2) is 68.2 Å². The van der Waals surface area contributed by atoms with Gasteiger partial charge in [-0.25, -0.2) is 12.8 Å². The monoisotopic (exact) mass is 411 g/mol. The largest absolute Gasteiger partial charge is 0.339 e. The Morgan fingerprint density at radius 1 is 1.15 bits per heavy atom. The van der Waals surface area contributed by atoms with Gasteiger partial charge in [0, 0.05) is 32.7 Å². The van der Waals surface area contributed by atoms with Crippen molar-refractivity contribution < 1.29 is 17.6 Å². The molecule has 0 atom stereocenters. The first-order valence-electron chi connectivity index (χ1n) is 8.59. The molecule has 0 aliphatic carbocycles. The van der Waals surface area contributed by atoms with Gasteiger partial charge in [0.25, 0.3) is 0 Å². The van der Waals surface area contributed by atoms with E-state index in [4.69, 9.17) is 0 Å². The minimum atomic E-state index is -3.67. The van der Waals surface area contributed by atoms with Crippen LogP contribution in [0.1, 0.15) is 5.56 Å². The van der Waals surface area contributed by atoms with E-state index in [9.17, 15) is 17.6 Å². The molecule has 3 rings (SSSR count). The molecule has 1 amide bonds. The van der Waals surface area contributed by atoms with Crippen LogP contribution in [-0.2, 0) is 21.4 Å². The lowest BCUT2D eigenvalue weighted by Gasteiger charge is -2.34. The molecular weight excluding hydrogens is 389 g/mol. The smallest absolute Gasteiger partial charge is 0.243 e. The number of rotatable bonds is 6. The number of sulfonamides is 1. The van der Waals surface area contributed by atoms with E-state index in [1.165, 1.54) is 22.0 Å². The van der Waals surface area contributed by atoms with Crippen LogP contribution in [0.3, 0.4) is 0 Å². The van der Waals surface area contributed by atoms with Crippen molar-refractivity contribution in [3.8, 4) is 0 Å². The number of halogens is 1. The maximum absolute atomic E-state index is 13.0. The molecule has 0 unspecified atom stereocenters. The third-order valence-corrected chi connectivity index (χ3v) is 7.13. The molecule has 9 heteroatoms. The molecule has 2 heterocycles. The van der Waals surface area contributed by atoms with Gasteiger partial charge in [0.2, 0.25) is 15.9 Å². The van der Waals surface area contributed by atoms with Gasteiger partial charge in [0.05, 0.1) is 11.4 Å². The van der Waals surface area contributed by atoms with Crippen LogP contribution in [0.15, 0.2) is 46.0 Å². The van der Waals surface area contributed by atoms with Gasteiger partial charge in [0.1, 0.15) is 5.82 Å². The van der Waals surface area contributed by atoms with Gasteiger partial charge in [-0.1, -0.05) is 0 Å². The molecule has 6 nitrogen and oxygen atoms in total. The lowest BCUT2D eigenvalue weighted by molar-refractivity contribution is -0.133. The highest BCUT2D eigenvalue weighted by Crippen LogP contribution is 2.18. The molecule has 0 radical (unpaired) electrons. The summed E-state index contributed by atoms with van der Waals surface area (Å²) in [4.78, 5) is 16.2. The highest BCUT2D eigenvalue weighted by Gasteiger charge is 2.30. The zero-order valence-electron chi connectivity index (χ0n) is 15.0. The number of hydrogen-bond donors (Lipinski definition) is 0. The summed E-state index contributed by atoms with van der Waals surface area (Å²) in [5.74, 6) is -0.484. The average Bonchev–Trinajstić information content (AvgIpc) is 3.15. The fourth-order valence-corrected chi connectivity index (χ4v) is 5.10. The number of likely N-dealkylation sites (N-methyl/N-ethyl adjacent to an activating group) is 1. The topological polar surface area (TPSA) is 60.9 Å². The zero-order valence-corrected chi connectivity index (χ0v) is 16.7. The molecule has 1 saturated heterocycles. The quantitative estimate of drug-likeness (QED) is 0.728. The summed E-state index contributed by atoms with van der Waals surface area (Å²) in [6, 6.07) is 6.83. The molecule has 146 valence electrons. The molecule has 1 aromatic heterocycles. The van der Waals surface area contributed by atoms with Crippen molar-refractivity contribution in [3.63, 3.8) is 0 Å². The number of carbonyl (C=O) groups is 1. The summed E-state index contributed by atoms with van der Waals surface area (Å²) in [7, 11) is -1.77. The summed E-state index contributed by atoms with van der Waals surface area (Å²) in [5, 5.41) is 4.06. The maximum Gasteiger partial charge on any atom is 0.243 e. The highest BCUT2D eigenvalue weighted by atomic mass is 32.2. The van der Waals surface area contributed by atoms with E-state index >= 15 is 0 Å². The standard InChI is InChI=1S/C18H22FN3O3S2/c1-20(12-15-6-11-26-14-15)13-18(23)21-7-9-22(10-8-21)27(24,25)17-4-2-16(19)3-5-17/h2-6,11,14H,7-10,12-13H2,1H3. The van der Waals surface area contributed by atoms with Gasteiger partial charge in [-0.15, -0.1) is 0 Å². The number of nitrogens with zero attached hydrogens (tertiary/aromatic N) is 3. The molecule has 27 heavy (non-hydrogen) atoms. The van der Waals surface area contributed by atoms with Gasteiger partial charge in [-0.05, 0) is 53.7 Å². The van der Waals surface area contributed by atoms with Crippen LogP contribution in [0, 0.1) is 5.82 Å². The Labute approximate surface area is 162 Å². The van der Waals surface area contributed by atoms with Crippen molar-refractivity contribution in [2.75, 3.05) is 39.8 Å². The summed E-state index contributed by atoms with van der Waals surface area (Å²) in [6.07, 6.45) is 0. The fraction of sp³-hybridized carbons (Fsp3) is 0.389. The SMILES string of the molecule is CN(CC(=O)N1CCN(S(=O)(=O)c2ccc(F)cc2)CC1)Cc1ccsc1. The predicted octanol–water partition coefficient (Wildman–Crippen LogP) is 1.85. The first-order valence-corrected chi connectivity index (χ1v) is 11.0. The van der Waals surface area contributed by atoms with Gasteiger partial charge in [0.15, 0.2) is 0 Å². The number of thiophene rings is 1. The van der Waals surface area contributed by atoms with E-state index in [0.717, 1.165) is 12.1 Å². The Morgan fingerprint density at radius 2 is 1.81 bits per heavy atom. The molecule has 0 N–H and O–H groups in total. The second-order valence-electron chi connectivity index (χ2n) is 6.54. The van der Waals surface area contributed by atoms with E-state index in [1.54, 1.807) is 16.2 Å². The Bertz CT molecular complexity index is 862. The van der Waals surface area contributed by atoms with Crippen LogP contribution in [0.2, 0.25) is 0 Å². The molecule has 1 fully saturated rings. The number of carbonyl (C=O) groups excluding carboxylic acids is 1. The van der Waals surface area contributed by atoms with Crippen molar-refractivity contribution in [2.45, 2.75) is 11.4 Å². The second-order valence-corrected chi connectivity index (χ2v) is 9.26. The zero-order chi connectivity index (χ0) is 19.4. The van der Waals surface area contributed by atoms with Gasteiger partial charge in [-0.3, -0.25) is 9.69 Å². The van der Waals surface area contributed by atoms with Crippen molar-refractivity contribution in [1.29, 1.82) is 0 Å². The van der Waals surface area contributed by atoms with Gasteiger partial charge in [-0.2, -0.15) is 15.6 Å². The van der Waals surface area contributed by atoms with E-state index in [2.05, 4.69) is 5.38 Å². The van der Waals surface area contributed by atoms with Crippen molar-refractivity contribution in [2.24, 2.45) is 0 Å². The molecule has 1 aliphatic heterocycles. The normalized spacial score (nSPS) is 16.0.